The quantitative estimate of drug-likeness (QED) is 0.924. The molecule has 1 aliphatic carbocycles. The SMILES string of the molecule is O=C(NC(c1ccccc1)c1ccccc1)[C@H]1CO[C@H]2C=CC=C[C@@H]2O1. The van der Waals surface area contributed by atoms with E-state index in [4.69, 9.17) is 9.47 Å². The highest BCUT2D eigenvalue weighted by molar-refractivity contribution is 5.82. The number of rotatable bonds is 4. The van der Waals surface area contributed by atoms with Gasteiger partial charge < -0.3 is 14.8 Å². The molecule has 1 fully saturated rings. The molecule has 1 saturated heterocycles. The number of carbonyl (C=O) groups excluding carboxylic acids is 1. The molecule has 2 aromatic carbocycles. The molecule has 1 amide bonds. The number of benzene rings is 2. The van der Waals surface area contributed by atoms with Crippen LogP contribution in [0, 0.1) is 0 Å². The van der Waals surface area contributed by atoms with Gasteiger partial charge in [-0.2, -0.15) is 0 Å². The van der Waals surface area contributed by atoms with Crippen molar-refractivity contribution in [2.24, 2.45) is 0 Å². The summed E-state index contributed by atoms with van der Waals surface area (Å²) in [4.78, 5) is 12.9. The topological polar surface area (TPSA) is 47.6 Å². The van der Waals surface area contributed by atoms with Crippen LogP contribution in [0.2, 0.25) is 0 Å². The number of nitrogens with one attached hydrogen (secondary N) is 1. The first-order valence-corrected chi connectivity index (χ1v) is 8.83. The van der Waals surface area contributed by atoms with Crippen molar-refractivity contribution in [3.05, 3.63) is 96.1 Å². The van der Waals surface area contributed by atoms with Gasteiger partial charge in [-0.3, -0.25) is 4.79 Å². The largest absolute Gasteiger partial charge is 0.368 e. The maximum Gasteiger partial charge on any atom is 0.252 e. The lowest BCUT2D eigenvalue weighted by atomic mass is 9.98. The van der Waals surface area contributed by atoms with Crippen molar-refractivity contribution in [2.75, 3.05) is 6.61 Å². The fourth-order valence-corrected chi connectivity index (χ4v) is 3.29. The number of ether oxygens (including phenoxy) is 2. The van der Waals surface area contributed by atoms with E-state index in [1.165, 1.54) is 0 Å². The summed E-state index contributed by atoms with van der Waals surface area (Å²) in [7, 11) is 0. The van der Waals surface area contributed by atoms with Crippen molar-refractivity contribution >= 4 is 5.91 Å². The van der Waals surface area contributed by atoms with Crippen molar-refractivity contribution in [3.8, 4) is 0 Å². The van der Waals surface area contributed by atoms with Crippen molar-refractivity contribution in [2.45, 2.75) is 24.4 Å². The molecule has 4 nitrogen and oxygen atoms in total. The average molecular weight is 347 g/mol. The zero-order valence-electron chi connectivity index (χ0n) is 14.3. The normalized spacial score (nSPS) is 24.3. The number of amides is 1. The summed E-state index contributed by atoms with van der Waals surface area (Å²) in [5.41, 5.74) is 2.06. The molecule has 0 bridgehead atoms. The maximum atomic E-state index is 12.9. The predicted molar refractivity (Wildman–Crippen MR) is 99.6 cm³/mol. The minimum atomic E-state index is -0.623. The summed E-state index contributed by atoms with van der Waals surface area (Å²) >= 11 is 0. The van der Waals surface area contributed by atoms with E-state index >= 15 is 0 Å². The molecule has 2 aromatic rings. The zero-order valence-corrected chi connectivity index (χ0v) is 14.3. The van der Waals surface area contributed by atoms with Gasteiger partial charge in [0, 0.05) is 0 Å². The molecule has 0 spiro atoms. The van der Waals surface area contributed by atoms with Crippen molar-refractivity contribution in [1.82, 2.24) is 5.32 Å². The van der Waals surface area contributed by atoms with Crippen molar-refractivity contribution < 1.29 is 14.3 Å². The van der Waals surface area contributed by atoms with Crippen LogP contribution in [-0.2, 0) is 14.3 Å². The van der Waals surface area contributed by atoms with Gasteiger partial charge in [-0.05, 0) is 11.1 Å². The standard InChI is InChI=1S/C22H21NO3/c24-22(20-15-25-18-13-7-8-14-19(18)26-20)23-21(16-9-3-1-4-10-16)17-11-5-2-6-12-17/h1-14,18-21H,15H2,(H,23,24)/t18-,19-,20+/m0/s1. The highest BCUT2D eigenvalue weighted by atomic mass is 16.6. The second-order valence-corrected chi connectivity index (χ2v) is 6.42. The summed E-state index contributed by atoms with van der Waals surface area (Å²) in [5.74, 6) is -0.163. The second-order valence-electron chi connectivity index (χ2n) is 6.42. The number of fused-ring (bicyclic) bond motifs is 1. The average Bonchev–Trinajstić information content (AvgIpc) is 2.72. The number of allylic oxidation sites excluding steroid dienone is 2. The van der Waals surface area contributed by atoms with Gasteiger partial charge in [0.1, 0.15) is 12.2 Å². The van der Waals surface area contributed by atoms with Crippen LogP contribution in [0.4, 0.5) is 0 Å². The third-order valence-electron chi connectivity index (χ3n) is 4.64. The Balaban J connectivity index is 1.51. The third kappa shape index (κ3) is 3.62. The molecular formula is C22H21NO3. The van der Waals surface area contributed by atoms with Gasteiger partial charge in [0.15, 0.2) is 6.10 Å². The van der Waals surface area contributed by atoms with Crippen LogP contribution < -0.4 is 5.32 Å². The Morgan fingerprint density at radius 1 is 0.885 bits per heavy atom. The first-order chi connectivity index (χ1) is 12.8. The van der Waals surface area contributed by atoms with Crippen LogP contribution in [0.5, 0.6) is 0 Å². The molecule has 1 aliphatic heterocycles. The zero-order chi connectivity index (χ0) is 17.8. The van der Waals surface area contributed by atoms with E-state index in [1.54, 1.807) is 0 Å². The van der Waals surface area contributed by atoms with Crippen molar-refractivity contribution in [3.63, 3.8) is 0 Å². The molecule has 2 aliphatic rings. The molecule has 0 saturated carbocycles. The molecule has 4 heteroatoms. The minimum absolute atomic E-state index is 0.108. The van der Waals surface area contributed by atoms with E-state index < -0.39 is 6.10 Å². The first kappa shape index (κ1) is 16.8. The summed E-state index contributed by atoms with van der Waals surface area (Å²) in [6, 6.07) is 19.7. The Morgan fingerprint density at radius 3 is 2.08 bits per heavy atom. The molecule has 0 aromatic heterocycles. The summed E-state index contributed by atoms with van der Waals surface area (Å²) < 4.78 is 11.7. The van der Waals surface area contributed by atoms with Gasteiger partial charge in [0.05, 0.1) is 12.6 Å². The van der Waals surface area contributed by atoms with E-state index in [-0.39, 0.29) is 30.8 Å². The second kappa shape index (κ2) is 7.68. The van der Waals surface area contributed by atoms with Crippen LogP contribution in [0.1, 0.15) is 17.2 Å². The molecule has 26 heavy (non-hydrogen) atoms. The number of carbonyl (C=O) groups is 1. The summed E-state index contributed by atoms with van der Waals surface area (Å²) in [5, 5.41) is 3.13. The summed E-state index contributed by atoms with van der Waals surface area (Å²) in [6.07, 6.45) is 6.79. The Morgan fingerprint density at radius 2 is 1.46 bits per heavy atom. The van der Waals surface area contributed by atoms with Gasteiger partial charge in [-0.15, -0.1) is 0 Å². The summed E-state index contributed by atoms with van der Waals surface area (Å²) in [6.45, 7) is 0.251. The molecule has 132 valence electrons. The lowest BCUT2D eigenvalue weighted by Gasteiger charge is -2.35. The van der Waals surface area contributed by atoms with Crippen molar-refractivity contribution in [1.29, 1.82) is 0 Å². The maximum absolute atomic E-state index is 12.9. The predicted octanol–water partition coefficient (Wildman–Crippen LogP) is 3.17. The van der Waals surface area contributed by atoms with E-state index in [2.05, 4.69) is 5.32 Å². The third-order valence-corrected chi connectivity index (χ3v) is 4.64. The molecule has 1 N–H and O–H groups in total. The molecule has 4 rings (SSSR count). The van der Waals surface area contributed by atoms with Gasteiger partial charge in [0.2, 0.25) is 0 Å². The monoisotopic (exact) mass is 347 g/mol. The fraction of sp³-hybridized carbons (Fsp3) is 0.227. The Hall–Kier alpha value is -2.69. The lowest BCUT2D eigenvalue weighted by Crippen LogP contribution is -2.50. The van der Waals surface area contributed by atoms with Crippen LogP contribution in [0.15, 0.2) is 85.0 Å². The highest BCUT2D eigenvalue weighted by Gasteiger charge is 2.34. The number of hydrogen-bond acceptors (Lipinski definition) is 3. The van der Waals surface area contributed by atoms with Crippen LogP contribution in [0.3, 0.4) is 0 Å². The fourth-order valence-electron chi connectivity index (χ4n) is 3.29. The van der Waals surface area contributed by atoms with E-state index in [1.807, 2.05) is 85.0 Å². The smallest absolute Gasteiger partial charge is 0.252 e. The van der Waals surface area contributed by atoms with E-state index in [0.29, 0.717) is 0 Å². The van der Waals surface area contributed by atoms with E-state index in [9.17, 15) is 4.79 Å². The van der Waals surface area contributed by atoms with Gasteiger partial charge in [-0.25, -0.2) is 0 Å². The van der Waals surface area contributed by atoms with Gasteiger partial charge >= 0.3 is 0 Å². The van der Waals surface area contributed by atoms with Gasteiger partial charge in [-0.1, -0.05) is 85.0 Å². The lowest BCUT2D eigenvalue weighted by molar-refractivity contribution is -0.168. The van der Waals surface area contributed by atoms with Crippen LogP contribution >= 0.6 is 0 Å². The van der Waals surface area contributed by atoms with E-state index in [0.717, 1.165) is 11.1 Å². The Kier molecular flexibility index (Phi) is 4.95. The molecular weight excluding hydrogens is 326 g/mol. The Bertz CT molecular complexity index is 761. The van der Waals surface area contributed by atoms with Crippen LogP contribution in [0.25, 0.3) is 0 Å². The molecule has 0 unspecified atom stereocenters. The highest BCUT2D eigenvalue weighted by Crippen LogP contribution is 2.24. The van der Waals surface area contributed by atoms with Crippen LogP contribution in [-0.4, -0.2) is 30.8 Å². The number of hydrogen-bond donors (Lipinski definition) is 1. The first-order valence-electron chi connectivity index (χ1n) is 8.83. The Labute approximate surface area is 153 Å². The van der Waals surface area contributed by atoms with Gasteiger partial charge in [0.25, 0.3) is 5.91 Å². The molecule has 1 heterocycles. The molecule has 0 radical (unpaired) electrons. The minimum Gasteiger partial charge on any atom is -0.368 e. The molecule has 3 atom stereocenters.